The van der Waals surface area contributed by atoms with Crippen LogP contribution in [0.1, 0.15) is 5.56 Å². The lowest BCUT2D eigenvalue weighted by molar-refractivity contribution is -0.137. The first-order chi connectivity index (χ1) is 14.4. The van der Waals surface area contributed by atoms with Gasteiger partial charge in [0.1, 0.15) is 17.1 Å². The van der Waals surface area contributed by atoms with Crippen LogP contribution in [0.4, 0.5) is 24.9 Å². The summed E-state index contributed by atoms with van der Waals surface area (Å²) < 4.78 is 38.8. The molecule has 1 aliphatic rings. The number of aromatic nitrogens is 3. The van der Waals surface area contributed by atoms with Gasteiger partial charge < -0.3 is 19.9 Å². The molecule has 0 aliphatic carbocycles. The van der Waals surface area contributed by atoms with Crippen LogP contribution in [0.25, 0.3) is 21.9 Å². The molecule has 2 aromatic carbocycles. The predicted molar refractivity (Wildman–Crippen MR) is 109 cm³/mol. The fourth-order valence-electron chi connectivity index (χ4n) is 3.77. The van der Waals surface area contributed by atoms with Gasteiger partial charge in [0, 0.05) is 31.6 Å². The van der Waals surface area contributed by atoms with E-state index in [9.17, 15) is 18.3 Å². The highest BCUT2D eigenvalue weighted by atomic mass is 19.4. The van der Waals surface area contributed by atoms with Crippen LogP contribution in [-0.4, -0.2) is 46.2 Å². The van der Waals surface area contributed by atoms with Crippen molar-refractivity contribution in [2.75, 3.05) is 36.0 Å². The van der Waals surface area contributed by atoms with Crippen LogP contribution in [0.15, 0.2) is 48.5 Å². The Labute approximate surface area is 169 Å². The predicted octanol–water partition coefficient (Wildman–Crippen LogP) is 4.16. The molecule has 0 spiro atoms. The quantitative estimate of drug-likeness (QED) is 0.517. The Morgan fingerprint density at radius 3 is 2.43 bits per heavy atom. The Kier molecular flexibility index (Phi) is 4.19. The third-order valence-electron chi connectivity index (χ3n) is 5.38. The van der Waals surface area contributed by atoms with Crippen LogP contribution in [0.5, 0.6) is 5.75 Å². The zero-order valence-corrected chi connectivity index (χ0v) is 15.8. The van der Waals surface area contributed by atoms with Gasteiger partial charge in [-0.2, -0.15) is 13.2 Å². The Hall–Kier alpha value is -3.49. The van der Waals surface area contributed by atoms with Gasteiger partial charge in [-0.15, -0.1) is 0 Å². The molecule has 0 atom stereocenters. The summed E-state index contributed by atoms with van der Waals surface area (Å²) >= 11 is 0. The van der Waals surface area contributed by atoms with Crippen LogP contribution in [0.2, 0.25) is 0 Å². The van der Waals surface area contributed by atoms with Crippen molar-refractivity contribution in [1.29, 1.82) is 0 Å². The number of hydrogen-bond acceptors (Lipinski definition) is 5. The van der Waals surface area contributed by atoms with Crippen molar-refractivity contribution >= 4 is 33.7 Å². The third kappa shape index (κ3) is 3.26. The molecular weight excluding hydrogens is 395 g/mol. The average molecular weight is 413 g/mol. The minimum atomic E-state index is -4.38. The smallest absolute Gasteiger partial charge is 0.416 e. The van der Waals surface area contributed by atoms with Gasteiger partial charge in [-0.25, -0.2) is 9.97 Å². The number of para-hydroxylation sites is 1. The summed E-state index contributed by atoms with van der Waals surface area (Å²) in [4.78, 5) is 16.2. The SMILES string of the molecule is Oc1cccc2ccc(N3CCN(c4nc5ccc(C(F)(F)F)cc5[nH]4)CC3)nc12. The zero-order valence-electron chi connectivity index (χ0n) is 15.8. The second-order valence-corrected chi connectivity index (χ2v) is 7.28. The van der Waals surface area contributed by atoms with Gasteiger partial charge in [0.15, 0.2) is 0 Å². The van der Waals surface area contributed by atoms with Gasteiger partial charge in [0.05, 0.1) is 16.6 Å². The lowest BCUT2D eigenvalue weighted by Crippen LogP contribution is -2.47. The van der Waals surface area contributed by atoms with Gasteiger partial charge in [-0.1, -0.05) is 12.1 Å². The molecule has 0 radical (unpaired) electrons. The van der Waals surface area contributed by atoms with E-state index in [-0.39, 0.29) is 5.75 Å². The lowest BCUT2D eigenvalue weighted by Gasteiger charge is -2.35. The number of piperazine rings is 1. The minimum absolute atomic E-state index is 0.147. The highest BCUT2D eigenvalue weighted by molar-refractivity contribution is 5.85. The normalized spacial score (nSPS) is 15.3. The number of halogens is 3. The van der Waals surface area contributed by atoms with E-state index in [1.165, 1.54) is 6.07 Å². The van der Waals surface area contributed by atoms with Crippen molar-refractivity contribution in [1.82, 2.24) is 15.0 Å². The Morgan fingerprint density at radius 2 is 1.67 bits per heavy atom. The Morgan fingerprint density at radius 1 is 0.900 bits per heavy atom. The van der Waals surface area contributed by atoms with Crippen molar-refractivity contribution in [3.8, 4) is 5.75 Å². The molecule has 9 heteroatoms. The molecule has 0 bridgehead atoms. The van der Waals surface area contributed by atoms with Crippen LogP contribution in [0.3, 0.4) is 0 Å². The standard InChI is InChI=1S/C21H18F3N5O/c22-21(23,24)14-5-6-15-16(12-14)26-20(25-15)29-10-8-28(9-11-29)18-7-4-13-2-1-3-17(30)19(13)27-18/h1-7,12,30H,8-11H2,(H,25,26). The summed E-state index contributed by atoms with van der Waals surface area (Å²) in [5.41, 5.74) is 0.747. The molecule has 3 heterocycles. The van der Waals surface area contributed by atoms with Gasteiger partial charge in [-0.3, -0.25) is 0 Å². The molecule has 2 aromatic heterocycles. The molecular formula is C21H18F3N5O. The number of phenolic OH excluding ortho intramolecular Hbond substituents is 1. The second kappa shape index (κ2) is 6.79. The first kappa shape index (κ1) is 18.5. The van der Waals surface area contributed by atoms with E-state index in [4.69, 9.17) is 0 Å². The molecule has 30 heavy (non-hydrogen) atoms. The van der Waals surface area contributed by atoms with Crippen molar-refractivity contribution in [3.63, 3.8) is 0 Å². The highest BCUT2D eigenvalue weighted by Crippen LogP contribution is 2.32. The maximum Gasteiger partial charge on any atom is 0.416 e. The minimum Gasteiger partial charge on any atom is -0.506 e. The number of aromatic amines is 1. The first-order valence-electron chi connectivity index (χ1n) is 9.54. The third-order valence-corrected chi connectivity index (χ3v) is 5.38. The fourth-order valence-corrected chi connectivity index (χ4v) is 3.77. The molecule has 1 saturated heterocycles. The number of fused-ring (bicyclic) bond motifs is 2. The maximum atomic E-state index is 12.9. The van der Waals surface area contributed by atoms with Crippen molar-refractivity contribution in [3.05, 3.63) is 54.1 Å². The lowest BCUT2D eigenvalue weighted by atomic mass is 10.2. The first-order valence-corrected chi connectivity index (χ1v) is 9.54. The number of pyridine rings is 1. The molecule has 1 aliphatic heterocycles. The highest BCUT2D eigenvalue weighted by Gasteiger charge is 2.31. The van der Waals surface area contributed by atoms with Gasteiger partial charge in [-0.05, 0) is 36.4 Å². The van der Waals surface area contributed by atoms with Crippen LogP contribution in [-0.2, 0) is 6.18 Å². The topological polar surface area (TPSA) is 68.3 Å². The summed E-state index contributed by atoms with van der Waals surface area (Å²) in [5.74, 6) is 1.49. The Bertz CT molecular complexity index is 1230. The van der Waals surface area contributed by atoms with Crippen LogP contribution in [0, 0.1) is 0 Å². The van der Waals surface area contributed by atoms with E-state index < -0.39 is 11.7 Å². The maximum absolute atomic E-state index is 12.9. The molecule has 6 nitrogen and oxygen atoms in total. The molecule has 1 fully saturated rings. The summed E-state index contributed by atoms with van der Waals surface area (Å²) in [7, 11) is 0. The molecule has 0 saturated carbocycles. The van der Waals surface area contributed by atoms with Gasteiger partial charge in [0.2, 0.25) is 5.95 Å². The van der Waals surface area contributed by atoms with E-state index in [2.05, 4.69) is 19.9 Å². The van der Waals surface area contributed by atoms with Crippen LogP contribution >= 0.6 is 0 Å². The number of nitrogens with one attached hydrogen (secondary N) is 1. The molecule has 154 valence electrons. The fraction of sp³-hybridized carbons (Fsp3) is 0.238. The number of phenols is 1. The number of imidazole rings is 1. The number of aromatic hydroxyl groups is 1. The average Bonchev–Trinajstić information content (AvgIpc) is 3.17. The van der Waals surface area contributed by atoms with Crippen LogP contribution < -0.4 is 9.80 Å². The number of anilines is 2. The summed E-state index contributed by atoms with van der Waals surface area (Å²) in [5, 5.41) is 10.9. The van der Waals surface area contributed by atoms with E-state index in [1.54, 1.807) is 12.1 Å². The number of rotatable bonds is 2. The Balaban J connectivity index is 1.34. The molecule has 4 aromatic rings. The van der Waals surface area contributed by atoms with E-state index >= 15 is 0 Å². The van der Waals surface area contributed by atoms with E-state index in [0.29, 0.717) is 48.7 Å². The molecule has 0 unspecified atom stereocenters. The number of benzene rings is 2. The molecule has 0 amide bonds. The number of alkyl halides is 3. The molecule has 2 N–H and O–H groups in total. The second-order valence-electron chi connectivity index (χ2n) is 7.28. The van der Waals surface area contributed by atoms with Gasteiger partial charge in [0.25, 0.3) is 0 Å². The number of hydrogen-bond donors (Lipinski definition) is 2. The zero-order chi connectivity index (χ0) is 20.9. The monoisotopic (exact) mass is 413 g/mol. The van der Waals surface area contributed by atoms with Crippen molar-refractivity contribution in [2.24, 2.45) is 0 Å². The summed E-state index contributed by atoms with van der Waals surface area (Å²) in [6.45, 7) is 2.65. The number of H-pyrrole nitrogens is 1. The summed E-state index contributed by atoms with van der Waals surface area (Å²) in [6, 6.07) is 12.7. The van der Waals surface area contributed by atoms with Crippen molar-refractivity contribution < 1.29 is 18.3 Å². The largest absolute Gasteiger partial charge is 0.506 e. The van der Waals surface area contributed by atoms with E-state index in [0.717, 1.165) is 23.3 Å². The van der Waals surface area contributed by atoms with E-state index in [1.807, 2.05) is 23.1 Å². The summed E-state index contributed by atoms with van der Waals surface area (Å²) in [6.07, 6.45) is -4.38. The van der Waals surface area contributed by atoms with Gasteiger partial charge >= 0.3 is 6.18 Å². The van der Waals surface area contributed by atoms with Crippen molar-refractivity contribution in [2.45, 2.75) is 6.18 Å². The number of nitrogens with zero attached hydrogens (tertiary/aromatic N) is 4. The molecule has 5 rings (SSSR count).